The number of hydrogen-bond donors (Lipinski definition) is 0. The summed E-state index contributed by atoms with van der Waals surface area (Å²) in [7, 11) is 0. The molecule has 3 rings (SSSR count). The van der Waals surface area contributed by atoms with E-state index in [2.05, 4.69) is 18.7 Å². The third-order valence-corrected chi connectivity index (χ3v) is 4.47. The maximum absolute atomic E-state index is 12.4. The molecule has 6 nitrogen and oxygen atoms in total. The van der Waals surface area contributed by atoms with Crippen LogP contribution in [0.1, 0.15) is 20.3 Å². The summed E-state index contributed by atoms with van der Waals surface area (Å²) >= 11 is 0. The highest BCUT2D eigenvalue weighted by Crippen LogP contribution is 2.13. The molecule has 0 aliphatic carbocycles. The zero-order valence-electron chi connectivity index (χ0n) is 14.4. The number of piperazine rings is 1. The summed E-state index contributed by atoms with van der Waals surface area (Å²) in [5, 5.41) is 0. The molecule has 0 bridgehead atoms. The van der Waals surface area contributed by atoms with Crippen molar-refractivity contribution in [2.75, 3.05) is 32.7 Å². The number of benzene rings is 1. The second-order valence-corrected chi connectivity index (χ2v) is 6.81. The van der Waals surface area contributed by atoms with Crippen LogP contribution in [0.5, 0.6) is 0 Å². The lowest BCUT2D eigenvalue weighted by atomic mass is 10.2. The van der Waals surface area contributed by atoms with Crippen LogP contribution in [0.3, 0.4) is 0 Å². The van der Waals surface area contributed by atoms with Crippen molar-refractivity contribution in [3.63, 3.8) is 0 Å². The van der Waals surface area contributed by atoms with Crippen molar-refractivity contribution in [2.45, 2.75) is 26.8 Å². The lowest BCUT2D eigenvalue weighted by molar-refractivity contribution is -0.133. The van der Waals surface area contributed by atoms with E-state index in [9.17, 15) is 9.59 Å². The molecule has 1 aromatic carbocycles. The average molecular weight is 331 g/mol. The zero-order chi connectivity index (χ0) is 17.1. The van der Waals surface area contributed by atoms with Crippen molar-refractivity contribution in [2.24, 2.45) is 5.92 Å². The maximum atomic E-state index is 12.4. The maximum Gasteiger partial charge on any atom is 0.419 e. The molecule has 1 aliphatic heterocycles. The van der Waals surface area contributed by atoms with Gasteiger partial charge in [-0.05, 0) is 18.1 Å². The molecule has 1 amide bonds. The monoisotopic (exact) mass is 331 g/mol. The predicted molar refractivity (Wildman–Crippen MR) is 92.9 cm³/mol. The molecule has 0 spiro atoms. The number of oxazole rings is 1. The number of carbonyl (C=O) groups is 1. The van der Waals surface area contributed by atoms with Crippen molar-refractivity contribution >= 4 is 17.0 Å². The molecule has 2 aromatic rings. The molecule has 0 N–H and O–H groups in total. The number of hydrogen-bond acceptors (Lipinski definition) is 4. The Hall–Kier alpha value is -2.08. The first-order valence-electron chi connectivity index (χ1n) is 8.63. The molecule has 1 saturated heterocycles. The molecular formula is C18H25N3O3. The Bertz CT molecular complexity index is 754. The van der Waals surface area contributed by atoms with Crippen LogP contribution in [0.4, 0.5) is 0 Å². The van der Waals surface area contributed by atoms with Gasteiger partial charge in [-0.15, -0.1) is 0 Å². The molecule has 0 unspecified atom stereocenters. The van der Waals surface area contributed by atoms with E-state index in [1.165, 1.54) is 0 Å². The van der Waals surface area contributed by atoms with E-state index in [4.69, 9.17) is 4.42 Å². The predicted octanol–water partition coefficient (Wildman–Crippen LogP) is 1.78. The second-order valence-electron chi connectivity index (χ2n) is 6.81. The Morgan fingerprint density at radius 3 is 2.58 bits per heavy atom. The molecule has 1 fully saturated rings. The topological polar surface area (TPSA) is 58.7 Å². The lowest BCUT2D eigenvalue weighted by Gasteiger charge is -2.35. The van der Waals surface area contributed by atoms with Gasteiger partial charge in [0, 0.05) is 45.7 Å². The number of carbonyl (C=O) groups excluding carboxylic acids is 1. The van der Waals surface area contributed by atoms with E-state index < -0.39 is 5.76 Å². The molecule has 2 heterocycles. The van der Waals surface area contributed by atoms with Crippen LogP contribution in [0, 0.1) is 5.92 Å². The van der Waals surface area contributed by atoms with E-state index in [1.807, 2.05) is 23.1 Å². The normalized spacial score (nSPS) is 16.2. The van der Waals surface area contributed by atoms with Gasteiger partial charge in [0.15, 0.2) is 5.58 Å². The summed E-state index contributed by atoms with van der Waals surface area (Å²) in [5.41, 5.74) is 1.31. The Morgan fingerprint density at radius 2 is 1.88 bits per heavy atom. The number of nitrogens with zero attached hydrogens (tertiary/aromatic N) is 3. The van der Waals surface area contributed by atoms with Crippen molar-refractivity contribution in [1.29, 1.82) is 0 Å². The van der Waals surface area contributed by atoms with Gasteiger partial charge in [0.25, 0.3) is 0 Å². The minimum Gasteiger partial charge on any atom is -0.408 e. The molecule has 130 valence electrons. The van der Waals surface area contributed by atoms with Crippen LogP contribution in [0.2, 0.25) is 0 Å². The van der Waals surface area contributed by atoms with Crippen LogP contribution in [-0.4, -0.2) is 53.0 Å². The van der Waals surface area contributed by atoms with Crippen LogP contribution in [-0.2, 0) is 11.3 Å². The van der Waals surface area contributed by atoms with E-state index in [0.717, 1.165) is 38.2 Å². The summed E-state index contributed by atoms with van der Waals surface area (Å²) in [6.07, 6.45) is 0.327. The van der Waals surface area contributed by atoms with Gasteiger partial charge in [0.2, 0.25) is 5.91 Å². The zero-order valence-corrected chi connectivity index (χ0v) is 14.4. The van der Waals surface area contributed by atoms with Gasteiger partial charge in [-0.1, -0.05) is 26.0 Å². The molecule has 24 heavy (non-hydrogen) atoms. The summed E-state index contributed by atoms with van der Waals surface area (Å²) in [5.74, 6) is 0.357. The first-order chi connectivity index (χ1) is 11.5. The SMILES string of the molecule is CC(C)CN1CCN(C(=O)CCn2c(=O)oc3ccccc32)CC1. The molecule has 1 aliphatic rings. The Labute approximate surface area is 141 Å². The quantitative estimate of drug-likeness (QED) is 0.838. The van der Waals surface area contributed by atoms with Crippen LogP contribution < -0.4 is 5.76 Å². The van der Waals surface area contributed by atoms with Gasteiger partial charge in [-0.3, -0.25) is 14.3 Å². The van der Waals surface area contributed by atoms with Crippen molar-refractivity contribution in [3.8, 4) is 0 Å². The smallest absolute Gasteiger partial charge is 0.408 e. The summed E-state index contributed by atoms with van der Waals surface area (Å²) < 4.78 is 6.75. The highest BCUT2D eigenvalue weighted by Gasteiger charge is 2.21. The Balaban J connectivity index is 1.56. The minimum absolute atomic E-state index is 0.108. The average Bonchev–Trinajstić information content (AvgIpc) is 2.88. The molecule has 0 atom stereocenters. The molecule has 6 heteroatoms. The van der Waals surface area contributed by atoms with Crippen molar-refractivity contribution in [1.82, 2.24) is 14.4 Å². The van der Waals surface area contributed by atoms with E-state index in [0.29, 0.717) is 24.5 Å². The highest BCUT2D eigenvalue weighted by atomic mass is 16.4. The summed E-state index contributed by atoms with van der Waals surface area (Å²) in [6.45, 7) is 9.27. The van der Waals surface area contributed by atoms with Gasteiger partial charge in [0.05, 0.1) is 5.52 Å². The minimum atomic E-state index is -0.397. The first kappa shape index (κ1) is 16.8. The van der Waals surface area contributed by atoms with Crippen LogP contribution in [0.25, 0.3) is 11.1 Å². The number of fused-ring (bicyclic) bond motifs is 1. The number of aryl methyl sites for hydroxylation is 1. The number of aromatic nitrogens is 1. The highest BCUT2D eigenvalue weighted by molar-refractivity contribution is 5.77. The third kappa shape index (κ3) is 3.70. The molecule has 0 saturated carbocycles. The van der Waals surface area contributed by atoms with E-state index >= 15 is 0 Å². The fourth-order valence-electron chi connectivity index (χ4n) is 3.29. The van der Waals surface area contributed by atoms with Gasteiger partial charge in [-0.25, -0.2) is 4.79 Å². The van der Waals surface area contributed by atoms with Gasteiger partial charge < -0.3 is 9.32 Å². The fraction of sp³-hybridized carbons (Fsp3) is 0.556. The first-order valence-corrected chi connectivity index (χ1v) is 8.63. The molecule has 1 aromatic heterocycles. The Morgan fingerprint density at radius 1 is 1.17 bits per heavy atom. The van der Waals surface area contributed by atoms with Gasteiger partial charge in [0.1, 0.15) is 0 Å². The van der Waals surface area contributed by atoms with Gasteiger partial charge >= 0.3 is 5.76 Å². The Kier molecular flexibility index (Phi) is 5.04. The summed E-state index contributed by atoms with van der Waals surface area (Å²) in [4.78, 5) is 28.7. The number of amides is 1. The molecular weight excluding hydrogens is 306 g/mol. The fourth-order valence-corrected chi connectivity index (χ4v) is 3.29. The van der Waals surface area contributed by atoms with E-state index in [1.54, 1.807) is 10.6 Å². The van der Waals surface area contributed by atoms with Crippen LogP contribution >= 0.6 is 0 Å². The van der Waals surface area contributed by atoms with Crippen molar-refractivity contribution < 1.29 is 9.21 Å². The van der Waals surface area contributed by atoms with Gasteiger partial charge in [-0.2, -0.15) is 0 Å². The largest absolute Gasteiger partial charge is 0.419 e. The van der Waals surface area contributed by atoms with Crippen molar-refractivity contribution in [3.05, 3.63) is 34.8 Å². The van der Waals surface area contributed by atoms with Crippen LogP contribution in [0.15, 0.2) is 33.5 Å². The molecule has 0 radical (unpaired) electrons. The second kappa shape index (κ2) is 7.21. The van der Waals surface area contributed by atoms with E-state index in [-0.39, 0.29) is 5.91 Å². The standard InChI is InChI=1S/C18H25N3O3/c1-14(2)13-19-9-11-20(12-10-19)17(22)7-8-21-15-5-3-4-6-16(15)24-18(21)23/h3-6,14H,7-13H2,1-2H3. The third-order valence-electron chi connectivity index (χ3n) is 4.47. The summed E-state index contributed by atoms with van der Waals surface area (Å²) in [6, 6.07) is 7.30. The number of rotatable bonds is 5. The lowest BCUT2D eigenvalue weighted by Crippen LogP contribution is -2.49. The number of para-hydroxylation sites is 2.